The van der Waals surface area contributed by atoms with E-state index in [4.69, 9.17) is 11.6 Å². The van der Waals surface area contributed by atoms with Crippen LogP contribution in [0, 0.1) is 0 Å². The smallest absolute Gasteiger partial charge is 0.227 e. The number of amides is 1. The topological polar surface area (TPSA) is 75.6 Å². The van der Waals surface area contributed by atoms with Gasteiger partial charge >= 0.3 is 0 Å². The van der Waals surface area contributed by atoms with Crippen molar-refractivity contribution >= 4 is 23.0 Å². The highest BCUT2D eigenvalue weighted by atomic mass is 16.2. The second-order valence-electron chi connectivity index (χ2n) is 8.13. The van der Waals surface area contributed by atoms with Crippen LogP contribution in [0.4, 0.5) is 5.69 Å². The van der Waals surface area contributed by atoms with E-state index in [9.17, 15) is 4.79 Å². The molecule has 4 rings (SSSR count). The van der Waals surface area contributed by atoms with Crippen molar-refractivity contribution in [2.45, 2.75) is 39.3 Å². The SMILES string of the molecule is CCCCC(=O)N1Cc2ccccc2/C(N(N)Cc2ccccc2)=C(/N)c2ccccc21. The summed E-state index contributed by atoms with van der Waals surface area (Å²) in [4.78, 5) is 15.1. The molecule has 5 heteroatoms. The van der Waals surface area contributed by atoms with Crippen molar-refractivity contribution in [1.29, 1.82) is 0 Å². The highest BCUT2D eigenvalue weighted by Gasteiger charge is 2.27. The fourth-order valence-electron chi connectivity index (χ4n) is 4.21. The minimum Gasteiger partial charge on any atom is -0.396 e. The Kier molecular flexibility index (Phi) is 6.57. The molecule has 0 unspecified atom stereocenters. The van der Waals surface area contributed by atoms with Gasteiger partial charge < -0.3 is 15.6 Å². The molecule has 0 radical (unpaired) electrons. The Bertz CT molecular complexity index is 1120. The standard InChI is InChI=1S/C27H30N4O/c1-2-3-17-25(32)30-19-21-13-7-8-14-22(21)27(26(28)23-15-9-10-16-24(23)30)31(29)18-20-11-5-4-6-12-20/h4-16H,2-3,17-19,28-29H2,1H3/b27-26-. The number of nitrogens with two attached hydrogens (primary N) is 2. The lowest BCUT2D eigenvalue weighted by Gasteiger charge is -2.33. The Balaban J connectivity index is 1.86. The number of rotatable bonds is 6. The highest BCUT2D eigenvalue weighted by Crippen LogP contribution is 2.37. The molecule has 32 heavy (non-hydrogen) atoms. The molecule has 0 aliphatic carbocycles. The number of nitrogens with zero attached hydrogens (tertiary/aromatic N) is 2. The number of benzene rings is 3. The van der Waals surface area contributed by atoms with Gasteiger partial charge in [0.1, 0.15) is 0 Å². The molecule has 0 saturated carbocycles. The summed E-state index contributed by atoms with van der Waals surface area (Å²) in [6, 6.07) is 26.0. The van der Waals surface area contributed by atoms with E-state index in [0.717, 1.165) is 46.5 Å². The Labute approximate surface area is 189 Å². The predicted molar refractivity (Wildman–Crippen MR) is 131 cm³/mol. The van der Waals surface area contributed by atoms with Crippen LogP contribution >= 0.6 is 0 Å². The summed E-state index contributed by atoms with van der Waals surface area (Å²) in [7, 11) is 0. The Hall–Kier alpha value is -3.57. The fraction of sp³-hybridized carbons (Fsp3) is 0.222. The third-order valence-electron chi connectivity index (χ3n) is 5.87. The minimum atomic E-state index is 0.110. The van der Waals surface area contributed by atoms with E-state index in [1.54, 1.807) is 5.01 Å². The number of hydrazine groups is 1. The van der Waals surface area contributed by atoms with Gasteiger partial charge in [0.25, 0.3) is 0 Å². The molecule has 1 heterocycles. The number of hydrogen-bond acceptors (Lipinski definition) is 4. The van der Waals surface area contributed by atoms with E-state index in [-0.39, 0.29) is 5.91 Å². The number of para-hydroxylation sites is 1. The first-order valence-electron chi connectivity index (χ1n) is 11.1. The van der Waals surface area contributed by atoms with E-state index in [1.807, 2.05) is 83.8 Å². The Morgan fingerprint density at radius 3 is 2.34 bits per heavy atom. The molecule has 5 nitrogen and oxygen atoms in total. The summed E-state index contributed by atoms with van der Waals surface area (Å²) in [5.41, 5.74) is 12.9. The van der Waals surface area contributed by atoms with Crippen LogP contribution < -0.4 is 16.5 Å². The first-order valence-corrected chi connectivity index (χ1v) is 11.1. The van der Waals surface area contributed by atoms with Crippen LogP contribution in [-0.2, 0) is 17.9 Å². The van der Waals surface area contributed by atoms with Crippen LogP contribution in [0.15, 0.2) is 78.9 Å². The molecule has 0 atom stereocenters. The van der Waals surface area contributed by atoms with E-state index >= 15 is 0 Å². The van der Waals surface area contributed by atoms with Gasteiger partial charge in [-0.25, -0.2) is 5.84 Å². The highest BCUT2D eigenvalue weighted by molar-refractivity contribution is 6.01. The van der Waals surface area contributed by atoms with E-state index in [0.29, 0.717) is 25.2 Å². The molecule has 1 amide bonds. The maximum Gasteiger partial charge on any atom is 0.227 e. The van der Waals surface area contributed by atoms with Crippen LogP contribution in [0.2, 0.25) is 0 Å². The van der Waals surface area contributed by atoms with Gasteiger partial charge in [-0.1, -0.05) is 86.1 Å². The normalized spacial score (nSPS) is 15.4. The van der Waals surface area contributed by atoms with Gasteiger partial charge in [0.2, 0.25) is 5.91 Å². The minimum absolute atomic E-state index is 0.110. The zero-order valence-electron chi connectivity index (χ0n) is 18.5. The van der Waals surface area contributed by atoms with Crippen molar-refractivity contribution in [1.82, 2.24) is 5.01 Å². The summed E-state index contributed by atoms with van der Waals surface area (Å²) in [6.45, 7) is 3.10. The van der Waals surface area contributed by atoms with Crippen molar-refractivity contribution in [3.63, 3.8) is 0 Å². The molecule has 4 N–H and O–H groups in total. The third kappa shape index (κ3) is 4.39. The zero-order valence-corrected chi connectivity index (χ0v) is 18.5. The molecule has 3 aromatic rings. The van der Waals surface area contributed by atoms with Gasteiger partial charge in [-0.3, -0.25) is 4.79 Å². The van der Waals surface area contributed by atoms with Crippen LogP contribution in [-0.4, -0.2) is 10.9 Å². The molecule has 0 spiro atoms. The summed E-state index contributed by atoms with van der Waals surface area (Å²) in [5.74, 6) is 6.75. The maximum atomic E-state index is 13.2. The summed E-state index contributed by atoms with van der Waals surface area (Å²) in [5, 5.41) is 1.72. The average Bonchev–Trinajstić information content (AvgIpc) is 2.81. The molecule has 1 aliphatic rings. The monoisotopic (exact) mass is 426 g/mol. The lowest BCUT2D eigenvalue weighted by molar-refractivity contribution is -0.118. The van der Waals surface area contributed by atoms with E-state index in [1.165, 1.54) is 0 Å². The molecule has 0 saturated heterocycles. The number of hydrogen-bond donors (Lipinski definition) is 2. The summed E-state index contributed by atoms with van der Waals surface area (Å²) in [6.07, 6.45) is 2.36. The van der Waals surface area contributed by atoms with Gasteiger partial charge in [0, 0.05) is 17.5 Å². The average molecular weight is 427 g/mol. The van der Waals surface area contributed by atoms with Crippen LogP contribution in [0.25, 0.3) is 11.4 Å². The van der Waals surface area contributed by atoms with E-state index in [2.05, 4.69) is 6.92 Å². The maximum absolute atomic E-state index is 13.2. The molecule has 0 aromatic heterocycles. The van der Waals surface area contributed by atoms with Gasteiger partial charge in [-0.15, -0.1) is 0 Å². The first-order chi connectivity index (χ1) is 15.6. The summed E-state index contributed by atoms with van der Waals surface area (Å²) >= 11 is 0. The number of anilines is 1. The van der Waals surface area contributed by atoms with Crippen molar-refractivity contribution in [3.05, 3.63) is 101 Å². The van der Waals surface area contributed by atoms with Gasteiger partial charge in [0.15, 0.2) is 0 Å². The van der Waals surface area contributed by atoms with Crippen molar-refractivity contribution in [2.24, 2.45) is 11.6 Å². The molecule has 3 aromatic carbocycles. The third-order valence-corrected chi connectivity index (χ3v) is 5.87. The first kappa shape index (κ1) is 21.7. The second kappa shape index (κ2) is 9.71. The molecule has 0 fully saturated rings. The predicted octanol–water partition coefficient (Wildman–Crippen LogP) is 4.88. The number of fused-ring (bicyclic) bond motifs is 2. The van der Waals surface area contributed by atoms with Crippen LogP contribution in [0.3, 0.4) is 0 Å². The molecular weight excluding hydrogens is 396 g/mol. The number of carbonyl (C=O) groups is 1. The largest absolute Gasteiger partial charge is 0.396 e. The Morgan fingerprint density at radius 2 is 1.59 bits per heavy atom. The van der Waals surface area contributed by atoms with Crippen LogP contribution in [0.5, 0.6) is 0 Å². The molecular formula is C27H30N4O. The summed E-state index contributed by atoms with van der Waals surface area (Å²) < 4.78 is 0. The van der Waals surface area contributed by atoms with Gasteiger partial charge in [-0.05, 0) is 23.6 Å². The van der Waals surface area contributed by atoms with Crippen molar-refractivity contribution < 1.29 is 4.79 Å². The van der Waals surface area contributed by atoms with Crippen molar-refractivity contribution in [2.75, 3.05) is 4.90 Å². The van der Waals surface area contributed by atoms with Gasteiger partial charge in [-0.2, -0.15) is 0 Å². The van der Waals surface area contributed by atoms with Crippen molar-refractivity contribution in [3.8, 4) is 0 Å². The zero-order chi connectivity index (χ0) is 22.5. The fourth-order valence-corrected chi connectivity index (χ4v) is 4.21. The molecule has 164 valence electrons. The number of unbranched alkanes of at least 4 members (excludes halogenated alkanes) is 1. The van der Waals surface area contributed by atoms with E-state index < -0.39 is 0 Å². The lowest BCUT2D eigenvalue weighted by Crippen LogP contribution is -2.35. The molecule has 1 aliphatic heterocycles. The Morgan fingerprint density at radius 1 is 0.938 bits per heavy atom. The van der Waals surface area contributed by atoms with Crippen LogP contribution in [0.1, 0.15) is 48.4 Å². The van der Waals surface area contributed by atoms with Gasteiger partial charge in [0.05, 0.1) is 30.2 Å². The molecule has 0 bridgehead atoms. The quantitative estimate of drug-likeness (QED) is 0.435. The number of carbonyl (C=O) groups excluding carboxylic acids is 1. The second-order valence-corrected chi connectivity index (χ2v) is 8.13. The lowest BCUT2D eigenvalue weighted by atomic mass is 9.95.